The molecule has 0 atom stereocenters. The summed E-state index contributed by atoms with van der Waals surface area (Å²) < 4.78 is 5.25. The van der Waals surface area contributed by atoms with Gasteiger partial charge < -0.3 is 9.64 Å². The second-order valence-corrected chi connectivity index (χ2v) is 5.93. The number of carbonyl (C=O) groups excluding carboxylic acids is 2. The van der Waals surface area contributed by atoms with Crippen molar-refractivity contribution in [3.8, 4) is 0 Å². The van der Waals surface area contributed by atoms with Crippen LogP contribution < -0.4 is 0 Å². The van der Waals surface area contributed by atoms with E-state index in [-0.39, 0.29) is 11.8 Å². The molecule has 18 heavy (non-hydrogen) atoms. The molecule has 0 aromatic carbocycles. The number of rotatable bonds is 4. The number of hydrogen-bond acceptors (Lipinski definition) is 4. The number of ether oxygens (including phenoxy) is 1. The average molecular weight is 258 g/mol. The van der Waals surface area contributed by atoms with Crippen molar-refractivity contribution in [2.45, 2.75) is 40.2 Å². The van der Waals surface area contributed by atoms with Crippen LogP contribution in [0.1, 0.15) is 34.6 Å². The SMILES string of the molecule is CC(C)C(=O)N(CCN(C)C)C(=O)OC(C)(C)C. The Morgan fingerprint density at radius 2 is 1.61 bits per heavy atom. The standard InChI is InChI=1S/C13H26N2O3/c1-10(2)11(16)15(9-8-14(6)7)12(17)18-13(3,4)5/h10H,8-9H2,1-7H3. The first-order chi connectivity index (χ1) is 8.04. The van der Waals surface area contributed by atoms with Gasteiger partial charge in [0.25, 0.3) is 0 Å². The maximum absolute atomic E-state index is 12.0. The highest BCUT2D eigenvalue weighted by molar-refractivity contribution is 5.93. The molecule has 0 fully saturated rings. The van der Waals surface area contributed by atoms with Crippen LogP contribution >= 0.6 is 0 Å². The van der Waals surface area contributed by atoms with Gasteiger partial charge in [-0.3, -0.25) is 4.79 Å². The van der Waals surface area contributed by atoms with Crippen LogP contribution in [0, 0.1) is 5.92 Å². The molecule has 0 aromatic rings. The zero-order valence-electron chi connectivity index (χ0n) is 12.6. The third-order valence-corrected chi connectivity index (χ3v) is 2.14. The molecule has 0 aliphatic heterocycles. The summed E-state index contributed by atoms with van der Waals surface area (Å²) in [6.45, 7) is 9.87. The van der Waals surface area contributed by atoms with Gasteiger partial charge in [0, 0.05) is 19.0 Å². The van der Waals surface area contributed by atoms with Gasteiger partial charge in [-0.25, -0.2) is 9.69 Å². The summed E-state index contributed by atoms with van der Waals surface area (Å²) in [5.74, 6) is -0.425. The van der Waals surface area contributed by atoms with Gasteiger partial charge in [0.05, 0.1) is 0 Å². The van der Waals surface area contributed by atoms with Crippen LogP contribution in [-0.4, -0.2) is 54.6 Å². The Hall–Kier alpha value is -1.10. The highest BCUT2D eigenvalue weighted by atomic mass is 16.6. The summed E-state index contributed by atoms with van der Waals surface area (Å²) in [6.07, 6.45) is -0.567. The van der Waals surface area contributed by atoms with Crippen molar-refractivity contribution in [2.24, 2.45) is 5.92 Å². The molecule has 0 N–H and O–H groups in total. The highest BCUT2D eigenvalue weighted by Crippen LogP contribution is 2.12. The van der Waals surface area contributed by atoms with Gasteiger partial charge >= 0.3 is 6.09 Å². The Kier molecular flexibility index (Phi) is 6.32. The third-order valence-electron chi connectivity index (χ3n) is 2.14. The van der Waals surface area contributed by atoms with Crippen LogP contribution in [0.3, 0.4) is 0 Å². The molecular formula is C13H26N2O3. The predicted molar refractivity (Wildman–Crippen MR) is 71.3 cm³/mol. The van der Waals surface area contributed by atoms with E-state index in [4.69, 9.17) is 4.74 Å². The molecule has 0 bridgehead atoms. The summed E-state index contributed by atoms with van der Waals surface area (Å²) in [4.78, 5) is 27.1. The number of nitrogens with zero attached hydrogens (tertiary/aromatic N) is 2. The molecule has 0 spiro atoms. The summed E-state index contributed by atoms with van der Waals surface area (Å²) >= 11 is 0. The van der Waals surface area contributed by atoms with E-state index >= 15 is 0 Å². The lowest BCUT2D eigenvalue weighted by Gasteiger charge is -2.28. The summed E-state index contributed by atoms with van der Waals surface area (Å²) in [5, 5.41) is 0. The Balaban J connectivity index is 4.75. The fourth-order valence-electron chi connectivity index (χ4n) is 1.22. The van der Waals surface area contributed by atoms with Crippen LogP contribution in [0.25, 0.3) is 0 Å². The number of imide groups is 1. The second-order valence-electron chi connectivity index (χ2n) is 5.93. The molecule has 0 saturated carbocycles. The lowest BCUT2D eigenvalue weighted by atomic mass is 10.2. The fraction of sp³-hybridized carbons (Fsp3) is 0.846. The lowest BCUT2D eigenvalue weighted by Crippen LogP contribution is -2.45. The Morgan fingerprint density at radius 3 is 1.94 bits per heavy atom. The van der Waals surface area contributed by atoms with Crippen molar-refractivity contribution in [3.05, 3.63) is 0 Å². The Morgan fingerprint density at radius 1 is 1.11 bits per heavy atom. The van der Waals surface area contributed by atoms with Crippen LogP contribution in [0.15, 0.2) is 0 Å². The lowest BCUT2D eigenvalue weighted by molar-refractivity contribution is -0.133. The van der Waals surface area contributed by atoms with Gasteiger partial charge in [-0.05, 0) is 34.9 Å². The van der Waals surface area contributed by atoms with E-state index in [1.807, 2.05) is 19.0 Å². The smallest absolute Gasteiger partial charge is 0.417 e. The molecule has 0 rings (SSSR count). The largest absolute Gasteiger partial charge is 0.443 e. The van der Waals surface area contributed by atoms with E-state index in [0.29, 0.717) is 13.1 Å². The second kappa shape index (κ2) is 6.73. The third kappa shape index (κ3) is 6.59. The zero-order valence-corrected chi connectivity index (χ0v) is 12.6. The van der Waals surface area contributed by atoms with Crippen molar-refractivity contribution in [2.75, 3.05) is 27.2 Å². The summed E-state index contributed by atoms with van der Waals surface area (Å²) in [5.41, 5.74) is -0.593. The highest BCUT2D eigenvalue weighted by Gasteiger charge is 2.28. The quantitative estimate of drug-likeness (QED) is 0.773. The first-order valence-electron chi connectivity index (χ1n) is 6.23. The summed E-state index contributed by atoms with van der Waals surface area (Å²) in [7, 11) is 3.79. The molecule has 0 aromatic heterocycles. The minimum atomic E-state index is -0.593. The van der Waals surface area contributed by atoms with E-state index in [9.17, 15) is 9.59 Å². The van der Waals surface area contributed by atoms with E-state index in [2.05, 4.69) is 0 Å². The maximum atomic E-state index is 12.0. The Bertz CT molecular complexity index is 293. The van der Waals surface area contributed by atoms with Gasteiger partial charge in [0.1, 0.15) is 5.60 Å². The molecule has 0 aliphatic rings. The van der Waals surface area contributed by atoms with Crippen LogP contribution in [0.5, 0.6) is 0 Å². The number of hydrogen-bond donors (Lipinski definition) is 0. The molecule has 0 aliphatic carbocycles. The van der Waals surface area contributed by atoms with Gasteiger partial charge in [0.2, 0.25) is 5.91 Å². The van der Waals surface area contributed by atoms with E-state index in [1.165, 1.54) is 4.90 Å². The van der Waals surface area contributed by atoms with Crippen LogP contribution in [0.4, 0.5) is 4.79 Å². The van der Waals surface area contributed by atoms with E-state index in [0.717, 1.165) is 0 Å². The van der Waals surface area contributed by atoms with Gasteiger partial charge in [0.15, 0.2) is 0 Å². The monoisotopic (exact) mass is 258 g/mol. The molecule has 0 saturated heterocycles. The molecule has 2 amide bonds. The van der Waals surface area contributed by atoms with E-state index in [1.54, 1.807) is 34.6 Å². The molecule has 0 heterocycles. The van der Waals surface area contributed by atoms with Crippen molar-refractivity contribution in [1.29, 1.82) is 0 Å². The predicted octanol–water partition coefficient (Wildman–Crippen LogP) is 1.97. The average Bonchev–Trinajstić information content (AvgIpc) is 2.13. The number of carbonyl (C=O) groups is 2. The van der Waals surface area contributed by atoms with Crippen LogP contribution in [0.2, 0.25) is 0 Å². The number of likely N-dealkylation sites (N-methyl/N-ethyl adjacent to an activating group) is 1. The fourth-order valence-corrected chi connectivity index (χ4v) is 1.22. The number of amides is 2. The normalized spacial score (nSPS) is 11.8. The molecule has 5 nitrogen and oxygen atoms in total. The van der Waals surface area contributed by atoms with E-state index < -0.39 is 11.7 Å². The van der Waals surface area contributed by atoms with Gasteiger partial charge in [-0.2, -0.15) is 0 Å². The molecule has 5 heteroatoms. The first-order valence-corrected chi connectivity index (χ1v) is 6.23. The molecule has 106 valence electrons. The van der Waals surface area contributed by atoms with Gasteiger partial charge in [-0.1, -0.05) is 13.8 Å². The summed E-state index contributed by atoms with van der Waals surface area (Å²) in [6, 6.07) is 0. The van der Waals surface area contributed by atoms with Crippen molar-refractivity contribution in [1.82, 2.24) is 9.80 Å². The van der Waals surface area contributed by atoms with Crippen LogP contribution in [-0.2, 0) is 9.53 Å². The minimum Gasteiger partial charge on any atom is -0.443 e. The molecule has 0 radical (unpaired) electrons. The molecule has 0 unspecified atom stereocenters. The molecular weight excluding hydrogens is 232 g/mol. The topological polar surface area (TPSA) is 49.9 Å². The van der Waals surface area contributed by atoms with Gasteiger partial charge in [-0.15, -0.1) is 0 Å². The maximum Gasteiger partial charge on any atom is 0.417 e. The van der Waals surface area contributed by atoms with Crippen molar-refractivity contribution < 1.29 is 14.3 Å². The Labute approximate surface area is 110 Å². The minimum absolute atomic E-state index is 0.203. The first kappa shape index (κ1) is 16.9. The van der Waals surface area contributed by atoms with Crippen molar-refractivity contribution in [3.63, 3.8) is 0 Å². The zero-order chi connectivity index (χ0) is 14.5. The van der Waals surface area contributed by atoms with Crippen molar-refractivity contribution >= 4 is 12.0 Å².